The van der Waals surface area contributed by atoms with E-state index in [4.69, 9.17) is 10.5 Å². The first kappa shape index (κ1) is 43.3. The summed E-state index contributed by atoms with van der Waals surface area (Å²) in [6.07, 6.45) is 38.7. The molecule has 1 amide bonds. The number of nitrogens with two attached hydrogens (primary N) is 1. The van der Waals surface area contributed by atoms with Gasteiger partial charge in [-0.1, -0.05) is 127 Å². The number of carboxylic acids is 1. The van der Waals surface area contributed by atoms with E-state index in [2.05, 4.69) is 61.7 Å². The number of allylic oxidation sites excluding steroid dienone is 7. The third-order valence-corrected chi connectivity index (χ3v) is 7.89. The van der Waals surface area contributed by atoms with E-state index < -0.39 is 12.0 Å². The van der Waals surface area contributed by atoms with Gasteiger partial charge in [0.2, 0.25) is 5.91 Å². The highest BCUT2D eigenvalue weighted by atomic mass is 16.5. The van der Waals surface area contributed by atoms with Crippen LogP contribution in [0.2, 0.25) is 0 Å². The summed E-state index contributed by atoms with van der Waals surface area (Å²) in [5, 5.41) is 11.9. The van der Waals surface area contributed by atoms with Gasteiger partial charge in [-0.15, -0.1) is 0 Å². The third kappa shape index (κ3) is 30.0. The summed E-state index contributed by atoms with van der Waals surface area (Å²) in [6, 6.07) is -0.890. The molecule has 4 N–H and O–H groups in total. The number of hydrogen-bond donors (Lipinski definition) is 3. The van der Waals surface area contributed by atoms with E-state index in [1.165, 1.54) is 57.8 Å². The molecule has 0 bridgehead atoms. The van der Waals surface area contributed by atoms with E-state index in [-0.39, 0.29) is 24.4 Å². The molecule has 0 rings (SSSR count). The second kappa shape index (κ2) is 33.7. The predicted molar refractivity (Wildman–Crippen MR) is 193 cm³/mol. The summed E-state index contributed by atoms with van der Waals surface area (Å²) in [4.78, 5) is 36.2. The van der Waals surface area contributed by atoms with Crippen molar-refractivity contribution in [3.05, 3.63) is 48.6 Å². The van der Waals surface area contributed by atoms with Crippen molar-refractivity contribution in [2.45, 2.75) is 174 Å². The Morgan fingerprint density at radius 2 is 1.17 bits per heavy atom. The molecule has 0 saturated carbocycles. The summed E-state index contributed by atoms with van der Waals surface area (Å²) in [6.45, 7) is 4.78. The average molecular weight is 645 g/mol. The lowest BCUT2D eigenvalue weighted by atomic mass is 10.1. The van der Waals surface area contributed by atoms with Crippen LogP contribution in [0.1, 0.15) is 162 Å². The summed E-state index contributed by atoms with van der Waals surface area (Å²) >= 11 is 0. The van der Waals surface area contributed by atoms with Crippen LogP contribution in [0.4, 0.5) is 0 Å². The number of ether oxygens (including phenoxy) is 1. The monoisotopic (exact) mass is 645 g/mol. The fourth-order valence-corrected chi connectivity index (χ4v) is 5.12. The number of unbranched alkanes of at least 4 members (excludes halogenated alkanes) is 12. The van der Waals surface area contributed by atoms with Crippen molar-refractivity contribution in [3.8, 4) is 0 Å². The Morgan fingerprint density at radius 3 is 1.74 bits per heavy atom. The molecule has 2 atom stereocenters. The van der Waals surface area contributed by atoms with Gasteiger partial charge >= 0.3 is 11.9 Å². The first-order valence-corrected chi connectivity index (χ1v) is 18.5. The molecule has 0 saturated heterocycles. The molecule has 0 aromatic carbocycles. The van der Waals surface area contributed by atoms with Crippen LogP contribution < -0.4 is 11.1 Å². The van der Waals surface area contributed by atoms with Crippen molar-refractivity contribution in [1.29, 1.82) is 0 Å². The zero-order chi connectivity index (χ0) is 33.9. The van der Waals surface area contributed by atoms with Gasteiger partial charge in [-0.3, -0.25) is 9.59 Å². The van der Waals surface area contributed by atoms with Crippen molar-refractivity contribution in [1.82, 2.24) is 5.32 Å². The minimum Gasteiger partial charge on any atom is -0.480 e. The van der Waals surface area contributed by atoms with Crippen molar-refractivity contribution in [3.63, 3.8) is 0 Å². The molecule has 7 nitrogen and oxygen atoms in total. The highest BCUT2D eigenvalue weighted by Gasteiger charge is 2.19. The summed E-state index contributed by atoms with van der Waals surface area (Å²) in [5.41, 5.74) is 5.47. The highest BCUT2D eigenvalue weighted by Crippen LogP contribution is 2.15. The Hall–Kier alpha value is -2.67. The van der Waals surface area contributed by atoms with Gasteiger partial charge < -0.3 is 20.9 Å². The van der Waals surface area contributed by atoms with Crippen LogP contribution in [-0.4, -0.2) is 41.6 Å². The molecule has 0 aliphatic heterocycles. The first-order chi connectivity index (χ1) is 22.4. The molecule has 0 aromatic rings. The van der Waals surface area contributed by atoms with Crippen LogP contribution >= 0.6 is 0 Å². The van der Waals surface area contributed by atoms with Gasteiger partial charge in [0.25, 0.3) is 0 Å². The second-order valence-electron chi connectivity index (χ2n) is 12.3. The van der Waals surface area contributed by atoms with Crippen LogP contribution in [0, 0.1) is 0 Å². The topological polar surface area (TPSA) is 119 Å². The summed E-state index contributed by atoms with van der Waals surface area (Å²) < 4.78 is 5.86. The number of aliphatic carboxylic acids is 1. The average Bonchev–Trinajstić information content (AvgIpc) is 3.03. The van der Waals surface area contributed by atoms with Crippen LogP contribution in [0.15, 0.2) is 48.6 Å². The number of nitrogens with one attached hydrogen (secondary N) is 1. The number of carboxylic acid groups (broad SMARTS) is 1. The first-order valence-electron chi connectivity index (χ1n) is 18.5. The van der Waals surface area contributed by atoms with E-state index in [0.29, 0.717) is 38.6 Å². The van der Waals surface area contributed by atoms with Crippen LogP contribution in [0.3, 0.4) is 0 Å². The Labute approximate surface area is 281 Å². The smallest absolute Gasteiger partial charge is 0.326 e. The minimum atomic E-state index is -1.03. The SMILES string of the molecule is CC/C=C\C/C=C\C/C=C\C/C=C\C(CCCCCC(=O)NC(CCCN)C(=O)O)OC(=O)CCCCCCCCCCCCC. The van der Waals surface area contributed by atoms with Gasteiger partial charge in [-0.05, 0) is 76.8 Å². The molecule has 0 spiro atoms. The molecular weight excluding hydrogens is 576 g/mol. The summed E-state index contributed by atoms with van der Waals surface area (Å²) in [5.74, 6) is -1.42. The predicted octanol–water partition coefficient (Wildman–Crippen LogP) is 9.66. The lowest BCUT2D eigenvalue weighted by Crippen LogP contribution is -2.40. The quantitative estimate of drug-likeness (QED) is 0.0381. The highest BCUT2D eigenvalue weighted by molar-refractivity contribution is 5.83. The molecule has 0 heterocycles. The molecule has 0 aliphatic rings. The Balaban J connectivity index is 4.55. The van der Waals surface area contributed by atoms with Crippen molar-refractivity contribution < 1.29 is 24.2 Å². The van der Waals surface area contributed by atoms with E-state index >= 15 is 0 Å². The standard InChI is InChI=1S/C39H68N2O5/c1-3-5-7-9-11-13-15-17-19-21-24-29-35(30-25-23-26-32-37(42)41-36(39(44)45)31-28-34-40)46-38(43)33-27-22-20-18-16-14-12-10-8-6-4-2/h5,7,11,13,17,19,24,29,35-36H,3-4,6,8-10,12,14-16,18,20-23,25-28,30-34,40H2,1-2H3,(H,41,42)(H,44,45)/b7-5-,13-11-,19-17-,29-24-. The molecular formula is C39H68N2O5. The largest absolute Gasteiger partial charge is 0.480 e. The van der Waals surface area contributed by atoms with E-state index in [9.17, 15) is 19.5 Å². The number of esters is 1. The number of amides is 1. The zero-order valence-corrected chi connectivity index (χ0v) is 29.4. The number of hydrogen-bond acceptors (Lipinski definition) is 5. The van der Waals surface area contributed by atoms with Crippen molar-refractivity contribution in [2.24, 2.45) is 5.73 Å². The molecule has 46 heavy (non-hydrogen) atoms. The second-order valence-corrected chi connectivity index (χ2v) is 12.3. The van der Waals surface area contributed by atoms with Gasteiger partial charge in [0.15, 0.2) is 0 Å². The van der Waals surface area contributed by atoms with E-state index in [1.54, 1.807) is 0 Å². The van der Waals surface area contributed by atoms with Gasteiger partial charge in [-0.25, -0.2) is 4.79 Å². The lowest BCUT2D eigenvalue weighted by molar-refractivity contribution is -0.147. The minimum absolute atomic E-state index is 0.139. The molecule has 2 unspecified atom stereocenters. The number of carbonyl (C=O) groups excluding carboxylic acids is 2. The maximum atomic E-state index is 12.6. The van der Waals surface area contributed by atoms with Crippen molar-refractivity contribution in [2.75, 3.05) is 6.54 Å². The fraction of sp³-hybridized carbons (Fsp3) is 0.718. The van der Waals surface area contributed by atoms with E-state index in [1.807, 2.05) is 6.08 Å². The summed E-state index contributed by atoms with van der Waals surface area (Å²) in [7, 11) is 0. The van der Waals surface area contributed by atoms with Gasteiger partial charge in [0.1, 0.15) is 12.1 Å². The van der Waals surface area contributed by atoms with Gasteiger partial charge in [0, 0.05) is 12.8 Å². The third-order valence-electron chi connectivity index (χ3n) is 7.89. The zero-order valence-electron chi connectivity index (χ0n) is 29.4. The molecule has 0 aliphatic carbocycles. The van der Waals surface area contributed by atoms with Gasteiger partial charge in [-0.2, -0.15) is 0 Å². The fourth-order valence-electron chi connectivity index (χ4n) is 5.12. The normalized spacial score (nSPS) is 13.3. The Kier molecular flexibility index (Phi) is 31.7. The van der Waals surface area contributed by atoms with E-state index in [0.717, 1.165) is 51.4 Å². The molecule has 0 fully saturated rings. The Morgan fingerprint density at radius 1 is 0.652 bits per heavy atom. The lowest BCUT2D eigenvalue weighted by Gasteiger charge is -2.15. The number of carbonyl (C=O) groups is 3. The van der Waals surface area contributed by atoms with Crippen LogP contribution in [0.5, 0.6) is 0 Å². The molecule has 0 aromatic heterocycles. The number of rotatable bonds is 32. The maximum absolute atomic E-state index is 12.6. The Bertz CT molecular complexity index is 864. The maximum Gasteiger partial charge on any atom is 0.326 e. The van der Waals surface area contributed by atoms with Crippen LogP contribution in [-0.2, 0) is 19.1 Å². The molecule has 7 heteroatoms. The molecule has 0 radical (unpaired) electrons. The molecule has 264 valence electrons. The van der Waals surface area contributed by atoms with Crippen LogP contribution in [0.25, 0.3) is 0 Å². The van der Waals surface area contributed by atoms with Crippen molar-refractivity contribution >= 4 is 17.8 Å². The van der Waals surface area contributed by atoms with Gasteiger partial charge in [0.05, 0.1) is 0 Å².